The number of para-hydroxylation sites is 1. The number of anilines is 1. The van der Waals surface area contributed by atoms with Gasteiger partial charge in [0.2, 0.25) is 11.8 Å². The second kappa shape index (κ2) is 8.05. The van der Waals surface area contributed by atoms with Crippen molar-refractivity contribution < 1.29 is 23.9 Å². The summed E-state index contributed by atoms with van der Waals surface area (Å²) in [4.78, 5) is 53.1. The van der Waals surface area contributed by atoms with Crippen LogP contribution in [0, 0.1) is 11.8 Å². The Kier molecular flexibility index (Phi) is 5.45. The first kappa shape index (κ1) is 20.3. The zero-order valence-electron chi connectivity index (χ0n) is 17.2. The van der Waals surface area contributed by atoms with Crippen molar-refractivity contribution in [2.24, 2.45) is 11.8 Å². The lowest BCUT2D eigenvalue weighted by atomic mass is 9.85. The number of fused-ring (bicyclic) bond motifs is 2. The molecule has 4 atom stereocenters. The molecule has 0 N–H and O–H groups in total. The number of benzene rings is 1. The van der Waals surface area contributed by atoms with Crippen molar-refractivity contribution in [3.63, 3.8) is 0 Å². The topological polar surface area (TPSA) is 84.0 Å². The number of amides is 3. The number of nitrogens with zero attached hydrogens (tertiary/aromatic N) is 2. The smallest absolute Gasteiger partial charge is 0.308 e. The van der Waals surface area contributed by atoms with Crippen LogP contribution in [-0.2, 0) is 30.3 Å². The maximum Gasteiger partial charge on any atom is 0.308 e. The molecule has 0 saturated carbocycles. The van der Waals surface area contributed by atoms with Gasteiger partial charge < -0.3 is 9.64 Å². The third-order valence-corrected chi connectivity index (χ3v) is 6.24. The van der Waals surface area contributed by atoms with Gasteiger partial charge in [0.25, 0.3) is 5.91 Å². The molecule has 3 aliphatic rings. The summed E-state index contributed by atoms with van der Waals surface area (Å²) in [5.74, 6) is -1.91. The summed E-state index contributed by atoms with van der Waals surface area (Å²) in [7, 11) is 0. The van der Waals surface area contributed by atoms with Gasteiger partial charge in [0, 0.05) is 18.3 Å². The van der Waals surface area contributed by atoms with Crippen LogP contribution in [0.5, 0.6) is 0 Å². The molecule has 3 amide bonds. The molecule has 4 rings (SSSR count). The minimum absolute atomic E-state index is 0.00659. The highest BCUT2D eigenvalue weighted by Gasteiger charge is 2.47. The Labute approximate surface area is 175 Å². The van der Waals surface area contributed by atoms with E-state index < -0.39 is 12.1 Å². The standard InChI is InChI=1S/C23H26N2O5/c1-14-13-16-7-3-6-10-19(16)25(14)21(27)15(2)30-20(26)11-12-24-22(28)17-8-4-5-9-18(17)23(24)29/h3-7,10,14-15,17-18H,8-9,11-13H2,1-2H3/t14-,15-,17-,18+/m1/s1. The zero-order valence-corrected chi connectivity index (χ0v) is 17.2. The summed E-state index contributed by atoms with van der Waals surface area (Å²) in [5, 5.41) is 0. The van der Waals surface area contributed by atoms with E-state index in [9.17, 15) is 19.2 Å². The zero-order chi connectivity index (χ0) is 21.4. The molecular formula is C23H26N2O5. The van der Waals surface area contributed by atoms with Gasteiger partial charge in [-0.05, 0) is 44.7 Å². The SMILES string of the molecule is C[C@@H]1Cc2ccccc2N1C(=O)[C@@H](C)OC(=O)CCN1C(=O)[C@H]2CC=CC[C@H]2C1=O. The van der Waals surface area contributed by atoms with Crippen LogP contribution in [0.3, 0.4) is 0 Å². The summed E-state index contributed by atoms with van der Waals surface area (Å²) in [6.45, 7) is 3.51. The average molecular weight is 410 g/mol. The van der Waals surface area contributed by atoms with Gasteiger partial charge >= 0.3 is 5.97 Å². The summed E-state index contributed by atoms with van der Waals surface area (Å²) in [5.41, 5.74) is 1.95. The first-order valence-corrected chi connectivity index (χ1v) is 10.5. The van der Waals surface area contributed by atoms with E-state index in [1.165, 1.54) is 4.90 Å². The van der Waals surface area contributed by atoms with Crippen molar-refractivity contribution in [3.05, 3.63) is 42.0 Å². The lowest BCUT2D eigenvalue weighted by molar-refractivity contribution is -0.154. The van der Waals surface area contributed by atoms with E-state index in [-0.39, 0.29) is 48.6 Å². The molecule has 0 aromatic heterocycles. The second-order valence-corrected chi connectivity index (χ2v) is 8.26. The fourth-order valence-electron chi connectivity index (χ4n) is 4.70. The summed E-state index contributed by atoms with van der Waals surface area (Å²) < 4.78 is 5.35. The van der Waals surface area contributed by atoms with Gasteiger partial charge in [0.1, 0.15) is 0 Å². The quantitative estimate of drug-likeness (QED) is 0.422. The molecule has 2 aliphatic heterocycles. The maximum absolute atomic E-state index is 12.9. The minimum atomic E-state index is -0.942. The molecule has 1 saturated heterocycles. The predicted octanol–water partition coefficient (Wildman–Crippen LogP) is 2.24. The van der Waals surface area contributed by atoms with Gasteiger partial charge in [-0.3, -0.25) is 24.1 Å². The summed E-state index contributed by atoms with van der Waals surface area (Å²) >= 11 is 0. The summed E-state index contributed by atoms with van der Waals surface area (Å²) in [6.07, 6.45) is 4.69. The van der Waals surface area contributed by atoms with Gasteiger partial charge in [0.15, 0.2) is 6.10 Å². The highest BCUT2D eigenvalue weighted by molar-refractivity contribution is 6.05. The molecular weight excluding hydrogens is 384 g/mol. The van der Waals surface area contributed by atoms with E-state index in [1.807, 2.05) is 43.3 Å². The molecule has 0 unspecified atom stereocenters. The molecule has 30 heavy (non-hydrogen) atoms. The van der Waals surface area contributed by atoms with Crippen LogP contribution < -0.4 is 4.90 Å². The minimum Gasteiger partial charge on any atom is -0.452 e. The number of esters is 1. The fourth-order valence-corrected chi connectivity index (χ4v) is 4.70. The third kappa shape index (κ3) is 3.53. The van der Waals surface area contributed by atoms with Crippen molar-refractivity contribution in [2.75, 3.05) is 11.4 Å². The first-order chi connectivity index (χ1) is 14.4. The molecule has 1 aliphatic carbocycles. The molecule has 7 nitrogen and oxygen atoms in total. The van der Waals surface area contributed by atoms with Crippen LogP contribution in [0.25, 0.3) is 0 Å². The molecule has 0 radical (unpaired) electrons. The molecule has 0 bridgehead atoms. The molecule has 1 aromatic carbocycles. The molecule has 158 valence electrons. The molecule has 1 aromatic rings. The van der Waals surface area contributed by atoms with Gasteiger partial charge in [0.05, 0.1) is 18.3 Å². The van der Waals surface area contributed by atoms with Crippen LogP contribution in [0.4, 0.5) is 5.69 Å². The number of hydrogen-bond donors (Lipinski definition) is 0. The predicted molar refractivity (Wildman–Crippen MR) is 109 cm³/mol. The number of likely N-dealkylation sites (tertiary alicyclic amines) is 1. The largest absolute Gasteiger partial charge is 0.452 e. The number of imide groups is 1. The van der Waals surface area contributed by atoms with Crippen LogP contribution >= 0.6 is 0 Å². The van der Waals surface area contributed by atoms with E-state index in [2.05, 4.69) is 0 Å². The number of hydrogen-bond acceptors (Lipinski definition) is 5. The van der Waals surface area contributed by atoms with Crippen molar-refractivity contribution in [2.45, 2.75) is 51.7 Å². The summed E-state index contributed by atoms with van der Waals surface area (Å²) in [6, 6.07) is 7.70. The van der Waals surface area contributed by atoms with Crippen molar-refractivity contribution in [1.29, 1.82) is 0 Å². The lowest BCUT2D eigenvalue weighted by Gasteiger charge is -2.26. The van der Waals surface area contributed by atoms with Crippen molar-refractivity contribution in [1.82, 2.24) is 4.90 Å². The number of ether oxygens (including phenoxy) is 1. The number of carbonyl (C=O) groups excluding carboxylic acids is 4. The lowest BCUT2D eigenvalue weighted by Crippen LogP contribution is -2.43. The first-order valence-electron chi connectivity index (χ1n) is 10.5. The van der Waals surface area contributed by atoms with E-state index >= 15 is 0 Å². The van der Waals surface area contributed by atoms with Crippen molar-refractivity contribution >= 4 is 29.4 Å². The maximum atomic E-state index is 12.9. The van der Waals surface area contributed by atoms with Gasteiger partial charge in [-0.1, -0.05) is 30.4 Å². The Balaban J connectivity index is 1.33. The molecule has 0 spiro atoms. The van der Waals surface area contributed by atoms with Crippen LogP contribution in [0.2, 0.25) is 0 Å². The number of carbonyl (C=O) groups is 4. The van der Waals surface area contributed by atoms with Crippen molar-refractivity contribution in [3.8, 4) is 0 Å². The van der Waals surface area contributed by atoms with E-state index in [4.69, 9.17) is 4.74 Å². The fraction of sp³-hybridized carbons (Fsp3) is 0.478. The Bertz CT molecular complexity index is 898. The second-order valence-electron chi connectivity index (χ2n) is 8.26. The van der Waals surface area contributed by atoms with Crippen LogP contribution in [-0.4, -0.2) is 47.3 Å². The molecule has 7 heteroatoms. The normalized spacial score (nSPS) is 25.9. The molecule has 2 heterocycles. The van der Waals surface area contributed by atoms with Crippen LogP contribution in [0.1, 0.15) is 38.7 Å². The van der Waals surface area contributed by atoms with E-state index in [1.54, 1.807) is 11.8 Å². The Morgan fingerprint density at radius 3 is 2.40 bits per heavy atom. The van der Waals surface area contributed by atoms with E-state index in [0.29, 0.717) is 12.8 Å². The van der Waals surface area contributed by atoms with Gasteiger partial charge in [-0.15, -0.1) is 0 Å². The molecule has 1 fully saturated rings. The highest BCUT2D eigenvalue weighted by atomic mass is 16.5. The van der Waals surface area contributed by atoms with Crippen LogP contribution in [0.15, 0.2) is 36.4 Å². The van der Waals surface area contributed by atoms with E-state index in [0.717, 1.165) is 17.7 Å². The van der Waals surface area contributed by atoms with Gasteiger partial charge in [-0.2, -0.15) is 0 Å². The third-order valence-electron chi connectivity index (χ3n) is 6.24. The highest BCUT2D eigenvalue weighted by Crippen LogP contribution is 2.35. The monoisotopic (exact) mass is 410 g/mol. The number of allylic oxidation sites excluding steroid dienone is 2. The average Bonchev–Trinajstić information content (AvgIpc) is 3.19. The Hall–Kier alpha value is -2.96. The Morgan fingerprint density at radius 1 is 1.10 bits per heavy atom. The number of rotatable bonds is 5. The van der Waals surface area contributed by atoms with Gasteiger partial charge in [-0.25, -0.2) is 0 Å². The Morgan fingerprint density at radius 2 is 1.73 bits per heavy atom.